The second-order valence-corrected chi connectivity index (χ2v) is 3.12. The fourth-order valence-corrected chi connectivity index (χ4v) is 1.24. The van der Waals surface area contributed by atoms with Gasteiger partial charge in [-0.2, -0.15) is 0 Å². The second kappa shape index (κ2) is 4.56. The van der Waals surface area contributed by atoms with Crippen molar-refractivity contribution in [2.75, 3.05) is 7.05 Å². The zero-order chi connectivity index (χ0) is 10.6. The first-order valence-corrected chi connectivity index (χ1v) is 4.40. The zero-order valence-electron chi connectivity index (χ0n) is 8.31. The van der Waals surface area contributed by atoms with Crippen LogP contribution in [0.25, 0.3) is 0 Å². The van der Waals surface area contributed by atoms with E-state index in [0.717, 1.165) is 11.8 Å². The number of hydrogen-bond donors (Lipinski definition) is 0. The van der Waals surface area contributed by atoms with Crippen LogP contribution in [0.3, 0.4) is 0 Å². The molecule has 0 saturated heterocycles. The molecule has 14 heavy (non-hydrogen) atoms. The maximum atomic E-state index is 11.1. The van der Waals surface area contributed by atoms with Crippen molar-refractivity contribution in [2.24, 2.45) is 0 Å². The quantitative estimate of drug-likeness (QED) is 0.677. The van der Waals surface area contributed by atoms with E-state index in [4.69, 9.17) is 0 Å². The van der Waals surface area contributed by atoms with E-state index >= 15 is 0 Å². The smallest absolute Gasteiger partial charge is 0.220 e. The number of carbonyl (C=O) groups is 2. The Kier molecular flexibility index (Phi) is 3.40. The van der Waals surface area contributed by atoms with E-state index in [-0.39, 0.29) is 5.91 Å². The summed E-state index contributed by atoms with van der Waals surface area (Å²) in [6.45, 7) is 1.44. The number of rotatable bonds is 3. The van der Waals surface area contributed by atoms with Crippen LogP contribution in [-0.4, -0.2) is 24.1 Å². The Hall–Kier alpha value is -1.64. The van der Waals surface area contributed by atoms with Gasteiger partial charge in [0.25, 0.3) is 0 Å². The highest BCUT2D eigenvalue weighted by atomic mass is 16.2. The Balaban J connectivity index is 2.93. The molecule has 0 spiro atoms. The van der Waals surface area contributed by atoms with E-state index in [1.165, 1.54) is 11.8 Å². The van der Waals surface area contributed by atoms with Crippen molar-refractivity contribution < 1.29 is 9.59 Å². The van der Waals surface area contributed by atoms with Gasteiger partial charge >= 0.3 is 0 Å². The Morgan fingerprint density at radius 2 is 1.93 bits per heavy atom. The number of amides is 1. The molecule has 0 aliphatic carbocycles. The van der Waals surface area contributed by atoms with Crippen LogP contribution in [0, 0.1) is 0 Å². The lowest BCUT2D eigenvalue weighted by molar-refractivity contribution is -0.132. The van der Waals surface area contributed by atoms with Crippen LogP contribution in [0.4, 0.5) is 0 Å². The zero-order valence-corrected chi connectivity index (χ0v) is 8.31. The van der Waals surface area contributed by atoms with Gasteiger partial charge in [0.05, 0.1) is 0 Å². The topological polar surface area (TPSA) is 37.4 Å². The van der Waals surface area contributed by atoms with E-state index in [1.807, 2.05) is 30.3 Å². The van der Waals surface area contributed by atoms with Gasteiger partial charge in [0.15, 0.2) is 0 Å². The first-order chi connectivity index (χ1) is 6.66. The Morgan fingerprint density at radius 3 is 2.36 bits per heavy atom. The summed E-state index contributed by atoms with van der Waals surface area (Å²) in [6.07, 6.45) is 0.775. The maximum absolute atomic E-state index is 11.1. The Labute approximate surface area is 83.3 Å². The van der Waals surface area contributed by atoms with Gasteiger partial charge in [-0.15, -0.1) is 0 Å². The Bertz CT molecular complexity index is 321. The molecule has 0 saturated carbocycles. The lowest BCUT2D eigenvalue weighted by Crippen LogP contribution is -2.29. The molecule has 1 rings (SSSR count). The first-order valence-electron chi connectivity index (χ1n) is 4.40. The summed E-state index contributed by atoms with van der Waals surface area (Å²) < 4.78 is 0. The molecule has 0 aromatic heterocycles. The number of aldehydes is 1. The first kappa shape index (κ1) is 10.4. The summed E-state index contributed by atoms with van der Waals surface area (Å²) in [5, 5.41) is 0. The molecule has 0 aliphatic rings. The maximum Gasteiger partial charge on any atom is 0.220 e. The molecule has 0 radical (unpaired) electrons. The molecule has 1 aromatic carbocycles. The largest absolute Gasteiger partial charge is 0.332 e. The third-order valence-electron chi connectivity index (χ3n) is 2.18. The minimum absolute atomic E-state index is 0.119. The normalized spacial score (nSPS) is 11.9. The van der Waals surface area contributed by atoms with Crippen molar-refractivity contribution in [3.63, 3.8) is 0 Å². The summed E-state index contributed by atoms with van der Waals surface area (Å²) in [5.41, 5.74) is 0.834. The van der Waals surface area contributed by atoms with Crippen LogP contribution in [0.5, 0.6) is 0 Å². The van der Waals surface area contributed by atoms with E-state index < -0.39 is 6.04 Å². The standard InChI is InChI=1S/C11H13NO2/c1-9(14)12(2)11(8-13)10-6-4-3-5-7-10/h3-8,11H,1-2H3/t11-/m1/s1. The van der Waals surface area contributed by atoms with Gasteiger partial charge in [-0.25, -0.2) is 0 Å². The average Bonchev–Trinajstić information content (AvgIpc) is 2.20. The number of benzene rings is 1. The molecule has 0 bridgehead atoms. The van der Waals surface area contributed by atoms with E-state index in [1.54, 1.807) is 7.05 Å². The van der Waals surface area contributed by atoms with Crippen molar-refractivity contribution in [1.29, 1.82) is 0 Å². The summed E-state index contributed by atoms with van der Waals surface area (Å²) in [6, 6.07) is 8.75. The predicted molar refractivity (Wildman–Crippen MR) is 53.7 cm³/mol. The van der Waals surface area contributed by atoms with Crippen molar-refractivity contribution >= 4 is 12.2 Å². The van der Waals surface area contributed by atoms with Crippen molar-refractivity contribution in [3.05, 3.63) is 35.9 Å². The molecule has 3 heteroatoms. The van der Waals surface area contributed by atoms with Gasteiger partial charge in [0.2, 0.25) is 5.91 Å². The molecule has 1 aromatic rings. The second-order valence-electron chi connectivity index (χ2n) is 3.12. The van der Waals surface area contributed by atoms with E-state index in [0.29, 0.717) is 0 Å². The number of likely N-dealkylation sites (N-methyl/N-ethyl adjacent to an activating group) is 1. The molecule has 74 valence electrons. The minimum atomic E-state index is -0.478. The van der Waals surface area contributed by atoms with Gasteiger partial charge < -0.3 is 9.69 Å². The minimum Gasteiger partial charge on any atom is -0.332 e. The molecular formula is C11H13NO2. The van der Waals surface area contributed by atoms with Crippen LogP contribution in [0.1, 0.15) is 18.5 Å². The molecule has 1 amide bonds. The predicted octanol–water partition coefficient (Wildman–Crippen LogP) is 1.40. The molecule has 0 unspecified atom stereocenters. The fourth-order valence-electron chi connectivity index (χ4n) is 1.24. The summed E-state index contributed by atoms with van der Waals surface area (Å²) in [7, 11) is 1.62. The van der Waals surface area contributed by atoms with Crippen LogP contribution in [0.15, 0.2) is 30.3 Å². The summed E-state index contributed by atoms with van der Waals surface area (Å²) in [4.78, 5) is 23.4. The van der Waals surface area contributed by atoms with Crippen molar-refractivity contribution in [3.8, 4) is 0 Å². The van der Waals surface area contributed by atoms with Gasteiger partial charge in [-0.05, 0) is 5.56 Å². The van der Waals surface area contributed by atoms with Gasteiger partial charge in [-0.1, -0.05) is 30.3 Å². The van der Waals surface area contributed by atoms with Gasteiger partial charge in [0, 0.05) is 14.0 Å². The third-order valence-corrected chi connectivity index (χ3v) is 2.18. The molecule has 1 atom stereocenters. The highest BCUT2D eigenvalue weighted by Gasteiger charge is 2.17. The molecule has 0 N–H and O–H groups in total. The lowest BCUT2D eigenvalue weighted by atomic mass is 10.1. The summed E-state index contributed by atoms with van der Waals surface area (Å²) >= 11 is 0. The van der Waals surface area contributed by atoms with Gasteiger partial charge in [-0.3, -0.25) is 4.79 Å². The third kappa shape index (κ3) is 2.19. The van der Waals surface area contributed by atoms with Crippen LogP contribution in [-0.2, 0) is 9.59 Å². The highest BCUT2D eigenvalue weighted by molar-refractivity contribution is 5.78. The summed E-state index contributed by atoms with van der Waals surface area (Å²) in [5.74, 6) is -0.119. The van der Waals surface area contributed by atoms with Crippen molar-refractivity contribution in [2.45, 2.75) is 13.0 Å². The average molecular weight is 191 g/mol. The van der Waals surface area contributed by atoms with Crippen LogP contribution < -0.4 is 0 Å². The molecular weight excluding hydrogens is 178 g/mol. The number of carbonyl (C=O) groups excluding carboxylic acids is 2. The molecule has 0 fully saturated rings. The molecule has 3 nitrogen and oxygen atoms in total. The van der Waals surface area contributed by atoms with E-state index in [9.17, 15) is 9.59 Å². The van der Waals surface area contributed by atoms with Gasteiger partial charge in [0.1, 0.15) is 12.3 Å². The highest BCUT2D eigenvalue weighted by Crippen LogP contribution is 2.16. The Morgan fingerprint density at radius 1 is 1.36 bits per heavy atom. The monoisotopic (exact) mass is 191 g/mol. The van der Waals surface area contributed by atoms with E-state index in [2.05, 4.69) is 0 Å². The SMILES string of the molecule is CC(=O)N(C)[C@H](C=O)c1ccccc1. The fraction of sp³-hybridized carbons (Fsp3) is 0.273. The lowest BCUT2D eigenvalue weighted by Gasteiger charge is -2.22. The number of nitrogens with zero attached hydrogens (tertiary/aromatic N) is 1. The molecule has 0 aliphatic heterocycles. The molecule has 0 heterocycles. The number of hydrogen-bond acceptors (Lipinski definition) is 2. The van der Waals surface area contributed by atoms with Crippen LogP contribution >= 0.6 is 0 Å². The van der Waals surface area contributed by atoms with Crippen molar-refractivity contribution in [1.82, 2.24) is 4.90 Å². The van der Waals surface area contributed by atoms with Crippen LogP contribution in [0.2, 0.25) is 0 Å².